The maximum Gasteiger partial charge on any atom is 0.234 e. The van der Waals surface area contributed by atoms with Gasteiger partial charge < -0.3 is 4.74 Å². The molecule has 3 heterocycles. The Kier molecular flexibility index (Phi) is 4.16. The normalized spacial score (nSPS) is 22.8. The van der Waals surface area contributed by atoms with Gasteiger partial charge in [-0.25, -0.2) is 9.97 Å². The molecular formula is C19H20N4O3. The number of likely N-dealkylation sites (tertiary alicyclic amines) is 1. The van der Waals surface area contributed by atoms with E-state index in [9.17, 15) is 9.59 Å². The van der Waals surface area contributed by atoms with Crippen LogP contribution in [-0.4, -0.2) is 46.9 Å². The molecule has 1 aromatic heterocycles. The Morgan fingerprint density at radius 3 is 2.54 bits per heavy atom. The maximum atomic E-state index is 12.1. The van der Waals surface area contributed by atoms with E-state index in [0.717, 1.165) is 29.8 Å². The zero-order chi connectivity index (χ0) is 18.1. The standard InChI is InChI=1S/C19H20N4O3/c1-26-15-4-2-14(3-5-15)17-20-9-13(10-21-17)11-23-7-6-19(12-23)8-16(24)22-18(19)25/h2-5,9-10H,6-8,11-12H2,1H3,(H,22,24,25). The Morgan fingerprint density at radius 2 is 1.92 bits per heavy atom. The van der Waals surface area contributed by atoms with Crippen molar-refractivity contribution >= 4 is 11.8 Å². The van der Waals surface area contributed by atoms with Gasteiger partial charge in [-0.3, -0.25) is 19.8 Å². The van der Waals surface area contributed by atoms with Crippen molar-refractivity contribution in [3.63, 3.8) is 0 Å². The number of hydrogen-bond acceptors (Lipinski definition) is 6. The predicted molar refractivity (Wildman–Crippen MR) is 94.1 cm³/mol. The van der Waals surface area contributed by atoms with Crippen molar-refractivity contribution < 1.29 is 14.3 Å². The molecule has 2 saturated heterocycles. The minimum atomic E-state index is -0.541. The Bertz CT molecular complexity index is 835. The molecule has 1 aromatic carbocycles. The van der Waals surface area contributed by atoms with Crippen LogP contribution in [0.25, 0.3) is 11.4 Å². The Labute approximate surface area is 151 Å². The van der Waals surface area contributed by atoms with Crippen molar-refractivity contribution in [2.24, 2.45) is 5.41 Å². The van der Waals surface area contributed by atoms with Crippen LogP contribution in [0.4, 0.5) is 0 Å². The highest BCUT2D eigenvalue weighted by Gasteiger charge is 2.50. The number of methoxy groups -OCH3 is 1. The van der Waals surface area contributed by atoms with E-state index in [4.69, 9.17) is 4.74 Å². The molecule has 1 N–H and O–H groups in total. The summed E-state index contributed by atoms with van der Waals surface area (Å²) >= 11 is 0. The number of nitrogens with one attached hydrogen (secondary N) is 1. The van der Waals surface area contributed by atoms with Crippen LogP contribution in [0, 0.1) is 5.41 Å². The van der Waals surface area contributed by atoms with Crippen molar-refractivity contribution in [3.05, 3.63) is 42.2 Å². The Hall–Kier alpha value is -2.80. The summed E-state index contributed by atoms with van der Waals surface area (Å²) < 4.78 is 5.16. The van der Waals surface area contributed by atoms with Crippen LogP contribution < -0.4 is 10.1 Å². The number of carbonyl (C=O) groups excluding carboxylic acids is 2. The number of nitrogens with zero attached hydrogens (tertiary/aromatic N) is 3. The smallest absolute Gasteiger partial charge is 0.234 e. The van der Waals surface area contributed by atoms with Crippen molar-refractivity contribution in [2.75, 3.05) is 20.2 Å². The zero-order valence-electron chi connectivity index (χ0n) is 14.6. The number of carbonyl (C=O) groups is 2. The summed E-state index contributed by atoms with van der Waals surface area (Å²) in [6.07, 6.45) is 4.65. The van der Waals surface area contributed by atoms with Crippen LogP contribution in [0.2, 0.25) is 0 Å². The number of aromatic nitrogens is 2. The molecule has 2 aliphatic heterocycles. The average molecular weight is 352 g/mol. The third kappa shape index (κ3) is 3.06. The third-order valence-electron chi connectivity index (χ3n) is 5.13. The quantitative estimate of drug-likeness (QED) is 0.837. The fraction of sp³-hybridized carbons (Fsp3) is 0.368. The largest absolute Gasteiger partial charge is 0.497 e. The Morgan fingerprint density at radius 1 is 1.19 bits per heavy atom. The summed E-state index contributed by atoms with van der Waals surface area (Å²) in [4.78, 5) is 34.7. The topological polar surface area (TPSA) is 84.4 Å². The second kappa shape index (κ2) is 6.49. The molecular weight excluding hydrogens is 332 g/mol. The number of imide groups is 1. The molecule has 2 aromatic rings. The first kappa shape index (κ1) is 16.7. The van der Waals surface area contributed by atoms with Crippen LogP contribution in [0.3, 0.4) is 0 Å². The number of rotatable bonds is 4. The molecule has 0 saturated carbocycles. The van der Waals surface area contributed by atoms with Gasteiger partial charge in [0.15, 0.2) is 5.82 Å². The Balaban J connectivity index is 1.42. The number of hydrogen-bond donors (Lipinski definition) is 1. The molecule has 2 amide bonds. The first-order valence-corrected chi connectivity index (χ1v) is 8.60. The van der Waals surface area contributed by atoms with Gasteiger partial charge in [-0.15, -0.1) is 0 Å². The molecule has 1 atom stereocenters. The van der Waals surface area contributed by atoms with Gasteiger partial charge in [0, 0.05) is 43.0 Å². The third-order valence-corrected chi connectivity index (χ3v) is 5.13. The first-order valence-electron chi connectivity index (χ1n) is 8.60. The van der Waals surface area contributed by atoms with E-state index in [-0.39, 0.29) is 11.8 Å². The molecule has 0 bridgehead atoms. The van der Waals surface area contributed by atoms with Gasteiger partial charge in [0.25, 0.3) is 0 Å². The fourth-order valence-electron chi connectivity index (χ4n) is 3.70. The second-order valence-electron chi connectivity index (χ2n) is 6.94. The number of benzene rings is 1. The number of ether oxygens (including phenoxy) is 1. The molecule has 26 heavy (non-hydrogen) atoms. The highest BCUT2D eigenvalue weighted by molar-refractivity contribution is 6.06. The van der Waals surface area contributed by atoms with Gasteiger partial charge in [0.05, 0.1) is 12.5 Å². The molecule has 7 nitrogen and oxygen atoms in total. The maximum absolute atomic E-state index is 12.1. The van der Waals surface area contributed by atoms with Crippen LogP contribution >= 0.6 is 0 Å². The van der Waals surface area contributed by atoms with Gasteiger partial charge in [-0.2, -0.15) is 0 Å². The second-order valence-corrected chi connectivity index (χ2v) is 6.94. The van der Waals surface area contributed by atoms with E-state index in [1.54, 1.807) is 7.11 Å². The minimum absolute atomic E-state index is 0.129. The van der Waals surface area contributed by atoms with E-state index in [1.165, 1.54) is 0 Å². The number of amides is 2. The van der Waals surface area contributed by atoms with Crippen molar-refractivity contribution in [2.45, 2.75) is 19.4 Å². The van der Waals surface area contributed by atoms with Crippen molar-refractivity contribution in [1.29, 1.82) is 0 Å². The van der Waals surface area contributed by atoms with Crippen LogP contribution in [0.1, 0.15) is 18.4 Å². The lowest BCUT2D eigenvalue weighted by Crippen LogP contribution is -2.34. The van der Waals surface area contributed by atoms with Gasteiger partial charge in [-0.05, 0) is 37.2 Å². The lowest BCUT2D eigenvalue weighted by molar-refractivity contribution is -0.128. The molecule has 2 fully saturated rings. The van der Waals surface area contributed by atoms with Gasteiger partial charge in [0.2, 0.25) is 11.8 Å². The lowest BCUT2D eigenvalue weighted by Gasteiger charge is -2.20. The summed E-state index contributed by atoms with van der Waals surface area (Å²) in [7, 11) is 1.63. The molecule has 0 radical (unpaired) electrons. The highest BCUT2D eigenvalue weighted by Crippen LogP contribution is 2.38. The van der Waals surface area contributed by atoms with Gasteiger partial charge >= 0.3 is 0 Å². The fourth-order valence-corrected chi connectivity index (χ4v) is 3.70. The molecule has 4 rings (SSSR count). The predicted octanol–water partition coefficient (Wildman–Crippen LogP) is 1.39. The van der Waals surface area contributed by atoms with Crippen LogP contribution in [0.5, 0.6) is 5.75 Å². The summed E-state index contributed by atoms with van der Waals surface area (Å²) in [6.45, 7) is 2.07. The summed E-state index contributed by atoms with van der Waals surface area (Å²) in [6, 6.07) is 7.61. The van der Waals surface area contributed by atoms with Crippen LogP contribution in [0.15, 0.2) is 36.7 Å². The summed E-state index contributed by atoms with van der Waals surface area (Å²) in [5, 5.41) is 2.43. The molecule has 2 aliphatic rings. The highest BCUT2D eigenvalue weighted by atomic mass is 16.5. The average Bonchev–Trinajstić information content (AvgIpc) is 3.18. The van der Waals surface area contributed by atoms with E-state index in [0.29, 0.717) is 25.3 Å². The van der Waals surface area contributed by atoms with E-state index >= 15 is 0 Å². The molecule has 1 unspecified atom stereocenters. The van der Waals surface area contributed by atoms with E-state index < -0.39 is 5.41 Å². The molecule has 134 valence electrons. The molecule has 1 spiro atoms. The van der Waals surface area contributed by atoms with Crippen molar-refractivity contribution in [1.82, 2.24) is 20.2 Å². The molecule has 7 heteroatoms. The minimum Gasteiger partial charge on any atom is -0.497 e. The summed E-state index contributed by atoms with van der Waals surface area (Å²) in [5.41, 5.74) is 1.38. The molecule has 0 aliphatic carbocycles. The zero-order valence-corrected chi connectivity index (χ0v) is 14.6. The van der Waals surface area contributed by atoms with Crippen molar-refractivity contribution in [3.8, 4) is 17.1 Å². The lowest BCUT2D eigenvalue weighted by atomic mass is 9.85. The van der Waals surface area contributed by atoms with Crippen LogP contribution in [-0.2, 0) is 16.1 Å². The van der Waals surface area contributed by atoms with E-state index in [2.05, 4.69) is 20.2 Å². The van der Waals surface area contributed by atoms with Gasteiger partial charge in [-0.1, -0.05) is 0 Å². The SMILES string of the molecule is COc1ccc(-c2ncc(CN3CCC4(CC(=O)NC4=O)C3)cn2)cc1. The first-order chi connectivity index (χ1) is 12.6. The summed E-state index contributed by atoms with van der Waals surface area (Å²) in [5.74, 6) is 1.16. The monoisotopic (exact) mass is 352 g/mol. The van der Waals surface area contributed by atoms with E-state index in [1.807, 2.05) is 36.7 Å². The van der Waals surface area contributed by atoms with Gasteiger partial charge in [0.1, 0.15) is 5.75 Å².